The van der Waals surface area contributed by atoms with Gasteiger partial charge in [0.2, 0.25) is 5.91 Å². The zero-order chi connectivity index (χ0) is 15.8. The molecule has 114 valence electrons. The van der Waals surface area contributed by atoms with Gasteiger partial charge in [-0.05, 0) is 35.6 Å². The molecule has 0 aliphatic carbocycles. The number of nitrogens with two attached hydrogens (primary N) is 1. The van der Waals surface area contributed by atoms with Gasteiger partial charge >= 0.3 is 0 Å². The number of rotatable bonds is 8. The van der Waals surface area contributed by atoms with E-state index in [1.54, 1.807) is 0 Å². The zero-order valence-corrected chi connectivity index (χ0v) is 12.7. The van der Waals surface area contributed by atoms with Gasteiger partial charge in [-0.15, -0.1) is 6.58 Å². The van der Waals surface area contributed by atoms with Crippen LogP contribution in [0.25, 0.3) is 0 Å². The molecule has 1 amide bonds. The van der Waals surface area contributed by atoms with E-state index in [0.717, 1.165) is 24.2 Å². The molecule has 3 nitrogen and oxygen atoms in total. The molecule has 3 N–H and O–H groups in total. The highest BCUT2D eigenvalue weighted by Crippen LogP contribution is 2.17. The van der Waals surface area contributed by atoms with E-state index >= 15 is 0 Å². The van der Waals surface area contributed by atoms with Crippen LogP contribution in [0.15, 0.2) is 61.2 Å². The first kappa shape index (κ1) is 15.8. The fraction of sp³-hybridized carbons (Fsp3) is 0.211. The van der Waals surface area contributed by atoms with Crippen molar-refractivity contribution in [2.75, 3.05) is 5.32 Å². The van der Waals surface area contributed by atoms with Gasteiger partial charge in [0.1, 0.15) is 0 Å². The number of primary amides is 1. The van der Waals surface area contributed by atoms with Crippen molar-refractivity contribution in [3.8, 4) is 0 Å². The molecule has 0 heterocycles. The van der Waals surface area contributed by atoms with Gasteiger partial charge in [0, 0.05) is 18.7 Å². The van der Waals surface area contributed by atoms with Crippen LogP contribution >= 0.6 is 0 Å². The number of amides is 1. The molecule has 0 spiro atoms. The molecule has 0 aliphatic heterocycles. The summed E-state index contributed by atoms with van der Waals surface area (Å²) in [6, 6.07) is 16.5. The fourth-order valence-electron chi connectivity index (χ4n) is 2.39. The van der Waals surface area contributed by atoms with Crippen LogP contribution in [0.2, 0.25) is 0 Å². The number of nitrogens with one attached hydrogen (secondary N) is 1. The van der Waals surface area contributed by atoms with E-state index in [4.69, 9.17) is 5.73 Å². The molecule has 2 aromatic rings. The van der Waals surface area contributed by atoms with Crippen LogP contribution in [-0.4, -0.2) is 5.91 Å². The molecule has 0 aliphatic rings. The molecule has 0 atom stereocenters. The molecule has 0 bridgehead atoms. The van der Waals surface area contributed by atoms with Crippen LogP contribution in [0, 0.1) is 0 Å². The molecule has 0 fully saturated rings. The molecule has 2 aromatic carbocycles. The number of hydrogen-bond acceptors (Lipinski definition) is 2. The Hall–Kier alpha value is -2.55. The molecule has 3 heteroatoms. The third-order valence-corrected chi connectivity index (χ3v) is 3.52. The van der Waals surface area contributed by atoms with Gasteiger partial charge in [0.05, 0.1) is 0 Å². The minimum Gasteiger partial charge on any atom is -0.381 e. The van der Waals surface area contributed by atoms with Crippen LogP contribution in [-0.2, 0) is 24.2 Å². The molecule has 0 saturated heterocycles. The Balaban J connectivity index is 2.01. The SMILES string of the molecule is C=CCc1ccccc1NCc1cccc(CCC(N)=O)c1. The maximum absolute atomic E-state index is 10.9. The Morgan fingerprint density at radius 3 is 2.68 bits per heavy atom. The fourth-order valence-corrected chi connectivity index (χ4v) is 2.39. The number of aryl methyl sites for hydroxylation is 1. The lowest BCUT2D eigenvalue weighted by Gasteiger charge is -2.11. The van der Waals surface area contributed by atoms with Crippen molar-refractivity contribution in [1.82, 2.24) is 0 Å². The van der Waals surface area contributed by atoms with Crippen LogP contribution < -0.4 is 11.1 Å². The Labute approximate surface area is 131 Å². The summed E-state index contributed by atoms with van der Waals surface area (Å²) >= 11 is 0. The third kappa shape index (κ3) is 4.77. The van der Waals surface area contributed by atoms with E-state index in [1.165, 1.54) is 11.1 Å². The molecular weight excluding hydrogens is 272 g/mol. The Morgan fingerprint density at radius 1 is 1.14 bits per heavy atom. The number of para-hydroxylation sites is 1. The van der Waals surface area contributed by atoms with Gasteiger partial charge in [-0.25, -0.2) is 0 Å². The highest BCUT2D eigenvalue weighted by atomic mass is 16.1. The third-order valence-electron chi connectivity index (χ3n) is 3.52. The standard InChI is InChI=1S/C19H22N2O/c1-2-6-17-9-3-4-10-18(17)21-14-16-8-5-7-15(13-16)11-12-19(20)22/h2-5,7-10,13,21H,1,6,11-12,14H2,(H2,20,22). The maximum Gasteiger partial charge on any atom is 0.217 e. The van der Waals surface area contributed by atoms with Crippen molar-refractivity contribution in [3.63, 3.8) is 0 Å². The first-order chi connectivity index (χ1) is 10.7. The van der Waals surface area contributed by atoms with E-state index in [0.29, 0.717) is 12.8 Å². The number of anilines is 1. The summed E-state index contributed by atoms with van der Waals surface area (Å²) in [5.41, 5.74) is 9.89. The van der Waals surface area contributed by atoms with E-state index in [9.17, 15) is 4.79 Å². The molecule has 0 radical (unpaired) electrons. The van der Waals surface area contributed by atoms with Crippen molar-refractivity contribution in [2.45, 2.75) is 25.8 Å². The number of carbonyl (C=O) groups excluding carboxylic acids is 1. The van der Waals surface area contributed by atoms with Crippen LogP contribution in [0.5, 0.6) is 0 Å². The number of hydrogen-bond donors (Lipinski definition) is 2. The van der Waals surface area contributed by atoms with Crippen LogP contribution in [0.4, 0.5) is 5.69 Å². The van der Waals surface area contributed by atoms with E-state index in [2.05, 4.69) is 36.2 Å². The van der Waals surface area contributed by atoms with Gasteiger partial charge in [0.15, 0.2) is 0 Å². The lowest BCUT2D eigenvalue weighted by Crippen LogP contribution is -2.11. The van der Waals surface area contributed by atoms with Gasteiger partial charge in [-0.2, -0.15) is 0 Å². The molecule has 22 heavy (non-hydrogen) atoms. The van der Waals surface area contributed by atoms with Crippen molar-refractivity contribution >= 4 is 11.6 Å². The van der Waals surface area contributed by atoms with E-state index in [1.807, 2.05) is 30.3 Å². The molecule has 0 aromatic heterocycles. The minimum atomic E-state index is -0.262. The summed E-state index contributed by atoms with van der Waals surface area (Å²) in [5.74, 6) is -0.262. The Morgan fingerprint density at radius 2 is 1.91 bits per heavy atom. The summed E-state index contributed by atoms with van der Waals surface area (Å²) in [6.07, 6.45) is 3.84. The summed E-state index contributed by atoms with van der Waals surface area (Å²) in [7, 11) is 0. The van der Waals surface area contributed by atoms with E-state index < -0.39 is 0 Å². The van der Waals surface area contributed by atoms with Crippen molar-refractivity contribution in [2.24, 2.45) is 5.73 Å². The lowest BCUT2D eigenvalue weighted by molar-refractivity contribution is -0.117. The summed E-state index contributed by atoms with van der Waals surface area (Å²) in [4.78, 5) is 10.9. The monoisotopic (exact) mass is 294 g/mol. The summed E-state index contributed by atoms with van der Waals surface area (Å²) in [6.45, 7) is 4.54. The second kappa shape index (κ2) is 8.03. The van der Waals surface area contributed by atoms with Gasteiger partial charge in [-0.1, -0.05) is 48.5 Å². The highest BCUT2D eigenvalue weighted by molar-refractivity contribution is 5.74. The molecule has 0 unspecified atom stereocenters. The normalized spacial score (nSPS) is 10.2. The quantitative estimate of drug-likeness (QED) is 0.733. The molecular formula is C19H22N2O. The van der Waals surface area contributed by atoms with Crippen molar-refractivity contribution < 1.29 is 4.79 Å². The summed E-state index contributed by atoms with van der Waals surface area (Å²) in [5, 5.41) is 3.47. The van der Waals surface area contributed by atoms with Crippen molar-refractivity contribution in [1.29, 1.82) is 0 Å². The Bertz CT molecular complexity index is 649. The number of carbonyl (C=O) groups is 1. The average Bonchev–Trinajstić information content (AvgIpc) is 2.53. The average molecular weight is 294 g/mol. The highest BCUT2D eigenvalue weighted by Gasteiger charge is 2.02. The second-order valence-electron chi connectivity index (χ2n) is 5.29. The molecule has 2 rings (SSSR count). The van der Waals surface area contributed by atoms with E-state index in [-0.39, 0.29) is 5.91 Å². The van der Waals surface area contributed by atoms with Gasteiger partial charge < -0.3 is 11.1 Å². The predicted molar refractivity (Wildman–Crippen MR) is 91.6 cm³/mol. The van der Waals surface area contributed by atoms with Gasteiger partial charge in [-0.3, -0.25) is 4.79 Å². The second-order valence-corrected chi connectivity index (χ2v) is 5.29. The van der Waals surface area contributed by atoms with Crippen LogP contribution in [0.1, 0.15) is 23.1 Å². The molecule has 0 saturated carbocycles. The smallest absolute Gasteiger partial charge is 0.217 e. The maximum atomic E-state index is 10.9. The largest absolute Gasteiger partial charge is 0.381 e. The minimum absolute atomic E-state index is 0.262. The Kier molecular flexibility index (Phi) is 5.78. The van der Waals surface area contributed by atoms with Crippen LogP contribution in [0.3, 0.4) is 0 Å². The first-order valence-corrected chi connectivity index (χ1v) is 7.48. The van der Waals surface area contributed by atoms with Crippen molar-refractivity contribution in [3.05, 3.63) is 77.9 Å². The number of benzene rings is 2. The topological polar surface area (TPSA) is 55.1 Å². The zero-order valence-electron chi connectivity index (χ0n) is 12.7. The van der Waals surface area contributed by atoms with Gasteiger partial charge in [0.25, 0.3) is 0 Å². The first-order valence-electron chi connectivity index (χ1n) is 7.48. The lowest BCUT2D eigenvalue weighted by atomic mass is 10.1. The predicted octanol–water partition coefficient (Wildman–Crippen LogP) is 3.45. The number of allylic oxidation sites excluding steroid dienone is 1. The summed E-state index contributed by atoms with van der Waals surface area (Å²) < 4.78 is 0.